The van der Waals surface area contributed by atoms with Gasteiger partial charge in [0.25, 0.3) is 0 Å². The second-order valence-electron chi connectivity index (χ2n) is 3.83. The van der Waals surface area contributed by atoms with Crippen molar-refractivity contribution in [3.05, 3.63) is 11.6 Å². The number of fused-ring (bicyclic) bond motifs is 1. The first-order valence-electron chi connectivity index (χ1n) is 5.32. The summed E-state index contributed by atoms with van der Waals surface area (Å²) in [5.41, 5.74) is 0.534. The fourth-order valence-electron chi connectivity index (χ4n) is 1.87. The van der Waals surface area contributed by atoms with Crippen LogP contribution in [0.5, 0.6) is 0 Å². The fourth-order valence-corrected chi connectivity index (χ4v) is 1.87. The molecule has 1 fully saturated rings. The third-order valence-corrected chi connectivity index (χ3v) is 2.57. The Morgan fingerprint density at radius 1 is 1.56 bits per heavy atom. The molecule has 0 aromatic carbocycles. The van der Waals surface area contributed by atoms with Crippen LogP contribution in [-0.4, -0.2) is 36.9 Å². The van der Waals surface area contributed by atoms with E-state index in [1.165, 1.54) is 6.92 Å². The SMILES string of the molecule is CCOC(=O)C1=C[C@@H]2O[C@@H]2[C@@H](OC(C)=O)C1. The lowest BCUT2D eigenvalue weighted by Crippen LogP contribution is -2.29. The minimum Gasteiger partial charge on any atom is -0.463 e. The maximum Gasteiger partial charge on any atom is 0.333 e. The van der Waals surface area contributed by atoms with Gasteiger partial charge in [-0.1, -0.05) is 0 Å². The van der Waals surface area contributed by atoms with Gasteiger partial charge in [-0.3, -0.25) is 4.79 Å². The molecule has 0 radical (unpaired) electrons. The Labute approximate surface area is 93.4 Å². The van der Waals surface area contributed by atoms with Crippen LogP contribution >= 0.6 is 0 Å². The Morgan fingerprint density at radius 2 is 2.31 bits per heavy atom. The average molecular weight is 226 g/mol. The van der Waals surface area contributed by atoms with Crippen LogP contribution in [-0.2, 0) is 23.8 Å². The molecule has 0 amide bonds. The maximum atomic E-state index is 11.5. The number of rotatable bonds is 3. The highest BCUT2D eigenvalue weighted by molar-refractivity contribution is 5.89. The molecule has 0 aromatic rings. The molecule has 2 rings (SSSR count). The number of ether oxygens (including phenoxy) is 3. The first-order chi connectivity index (χ1) is 7.61. The summed E-state index contributed by atoms with van der Waals surface area (Å²) >= 11 is 0. The minimum absolute atomic E-state index is 0.0814. The van der Waals surface area contributed by atoms with Crippen LogP contribution in [0.1, 0.15) is 20.3 Å². The summed E-state index contributed by atoms with van der Waals surface area (Å²) in [5, 5.41) is 0. The van der Waals surface area contributed by atoms with Crippen molar-refractivity contribution in [3.8, 4) is 0 Å². The zero-order chi connectivity index (χ0) is 11.7. The van der Waals surface area contributed by atoms with E-state index in [1.54, 1.807) is 13.0 Å². The number of carbonyl (C=O) groups excluding carboxylic acids is 2. The number of esters is 2. The average Bonchev–Trinajstić information content (AvgIpc) is 2.96. The number of hydrogen-bond acceptors (Lipinski definition) is 5. The van der Waals surface area contributed by atoms with Crippen molar-refractivity contribution >= 4 is 11.9 Å². The highest BCUT2D eigenvalue weighted by atomic mass is 16.6. The zero-order valence-electron chi connectivity index (χ0n) is 9.26. The van der Waals surface area contributed by atoms with E-state index in [0.29, 0.717) is 18.6 Å². The monoisotopic (exact) mass is 226 g/mol. The van der Waals surface area contributed by atoms with Crippen molar-refractivity contribution in [2.75, 3.05) is 6.61 Å². The van der Waals surface area contributed by atoms with Gasteiger partial charge < -0.3 is 14.2 Å². The normalized spacial score (nSPS) is 31.1. The smallest absolute Gasteiger partial charge is 0.333 e. The van der Waals surface area contributed by atoms with Crippen molar-refractivity contribution in [1.82, 2.24) is 0 Å². The second-order valence-corrected chi connectivity index (χ2v) is 3.83. The number of epoxide rings is 1. The van der Waals surface area contributed by atoms with Crippen LogP contribution in [0.2, 0.25) is 0 Å². The Bertz CT molecular complexity index is 346. The van der Waals surface area contributed by atoms with E-state index in [9.17, 15) is 9.59 Å². The maximum absolute atomic E-state index is 11.5. The van der Waals surface area contributed by atoms with E-state index in [1.807, 2.05) is 0 Å². The molecule has 5 nitrogen and oxygen atoms in total. The van der Waals surface area contributed by atoms with E-state index in [0.717, 1.165) is 0 Å². The van der Waals surface area contributed by atoms with Crippen LogP contribution in [0.3, 0.4) is 0 Å². The van der Waals surface area contributed by atoms with E-state index in [2.05, 4.69) is 0 Å². The largest absolute Gasteiger partial charge is 0.463 e. The number of hydrogen-bond donors (Lipinski definition) is 0. The van der Waals surface area contributed by atoms with Gasteiger partial charge in [-0.05, 0) is 13.0 Å². The van der Waals surface area contributed by atoms with Crippen molar-refractivity contribution in [1.29, 1.82) is 0 Å². The Balaban J connectivity index is 2.01. The molecule has 0 spiro atoms. The molecule has 3 atom stereocenters. The molecule has 1 aliphatic heterocycles. The standard InChI is InChI=1S/C11H14O5/c1-3-14-11(13)7-4-8(15-6(2)12)10-9(5-7)16-10/h5,8-10H,3-4H2,1-2H3/t8-,9-,10+/m0/s1. The van der Waals surface area contributed by atoms with Crippen molar-refractivity contribution < 1.29 is 23.8 Å². The predicted molar refractivity (Wildman–Crippen MR) is 53.5 cm³/mol. The van der Waals surface area contributed by atoms with Gasteiger partial charge in [0, 0.05) is 18.9 Å². The third-order valence-electron chi connectivity index (χ3n) is 2.57. The summed E-state index contributed by atoms with van der Waals surface area (Å²) in [5.74, 6) is -0.710. The summed E-state index contributed by atoms with van der Waals surface area (Å²) in [6, 6.07) is 0. The molecule has 0 bridgehead atoms. The molecule has 88 valence electrons. The molecule has 5 heteroatoms. The van der Waals surface area contributed by atoms with E-state index in [4.69, 9.17) is 14.2 Å². The lowest BCUT2D eigenvalue weighted by Gasteiger charge is -2.18. The van der Waals surface area contributed by atoms with Crippen LogP contribution in [0.15, 0.2) is 11.6 Å². The Hall–Kier alpha value is -1.36. The first-order valence-corrected chi connectivity index (χ1v) is 5.32. The minimum atomic E-state index is -0.357. The molecule has 0 unspecified atom stereocenters. The molecule has 0 aromatic heterocycles. The third kappa shape index (κ3) is 2.24. The van der Waals surface area contributed by atoms with Crippen molar-refractivity contribution in [2.24, 2.45) is 0 Å². The summed E-state index contributed by atoms with van der Waals surface area (Å²) in [6.45, 7) is 3.43. The van der Waals surface area contributed by atoms with Crippen LogP contribution in [0.25, 0.3) is 0 Å². The van der Waals surface area contributed by atoms with Crippen molar-refractivity contribution in [2.45, 2.75) is 38.6 Å². The quantitative estimate of drug-likeness (QED) is 0.520. The summed E-state index contributed by atoms with van der Waals surface area (Å²) in [7, 11) is 0. The lowest BCUT2D eigenvalue weighted by atomic mass is 9.97. The Kier molecular flexibility index (Phi) is 2.96. The van der Waals surface area contributed by atoms with Gasteiger partial charge in [0.1, 0.15) is 18.3 Å². The Morgan fingerprint density at radius 3 is 2.94 bits per heavy atom. The lowest BCUT2D eigenvalue weighted by molar-refractivity contribution is -0.148. The van der Waals surface area contributed by atoms with Gasteiger partial charge in [-0.2, -0.15) is 0 Å². The highest BCUT2D eigenvalue weighted by Gasteiger charge is 2.49. The second kappa shape index (κ2) is 4.25. The van der Waals surface area contributed by atoms with Crippen molar-refractivity contribution in [3.63, 3.8) is 0 Å². The molecule has 1 saturated heterocycles. The molecular weight excluding hydrogens is 212 g/mol. The summed E-state index contributed by atoms with van der Waals surface area (Å²) < 4.78 is 15.3. The highest BCUT2D eigenvalue weighted by Crippen LogP contribution is 2.37. The van der Waals surface area contributed by atoms with Gasteiger partial charge >= 0.3 is 11.9 Å². The van der Waals surface area contributed by atoms with Gasteiger partial charge in [-0.25, -0.2) is 4.79 Å². The van der Waals surface area contributed by atoms with Crippen LogP contribution in [0.4, 0.5) is 0 Å². The molecule has 1 aliphatic carbocycles. The van der Waals surface area contributed by atoms with E-state index >= 15 is 0 Å². The van der Waals surface area contributed by atoms with Crippen LogP contribution < -0.4 is 0 Å². The fraction of sp³-hybridized carbons (Fsp3) is 0.636. The van der Waals surface area contributed by atoms with Crippen LogP contribution in [0, 0.1) is 0 Å². The van der Waals surface area contributed by atoms with Gasteiger partial charge in [0.05, 0.1) is 6.61 Å². The first kappa shape index (κ1) is 11.1. The predicted octanol–water partition coefficient (Wildman–Crippen LogP) is 0.579. The zero-order valence-corrected chi connectivity index (χ0v) is 9.26. The van der Waals surface area contributed by atoms with Gasteiger partial charge in [0.15, 0.2) is 0 Å². The number of carbonyl (C=O) groups is 2. The van der Waals surface area contributed by atoms with Gasteiger partial charge in [0.2, 0.25) is 0 Å². The molecule has 2 aliphatic rings. The molecule has 16 heavy (non-hydrogen) atoms. The summed E-state index contributed by atoms with van der Waals surface area (Å²) in [6.07, 6.45) is 1.59. The summed E-state index contributed by atoms with van der Waals surface area (Å²) in [4.78, 5) is 22.4. The molecule has 0 saturated carbocycles. The van der Waals surface area contributed by atoms with E-state index in [-0.39, 0.29) is 30.3 Å². The topological polar surface area (TPSA) is 65.1 Å². The van der Waals surface area contributed by atoms with Gasteiger partial charge in [-0.15, -0.1) is 0 Å². The molecule has 0 N–H and O–H groups in total. The van der Waals surface area contributed by atoms with E-state index < -0.39 is 0 Å². The molecule has 1 heterocycles. The molecular formula is C11H14O5.